The summed E-state index contributed by atoms with van der Waals surface area (Å²) in [6.45, 7) is 3.30. The third kappa shape index (κ3) is 4.44. The van der Waals surface area contributed by atoms with E-state index in [1.54, 1.807) is 17.4 Å². The van der Waals surface area contributed by atoms with Crippen molar-refractivity contribution in [2.45, 2.75) is 31.8 Å². The van der Waals surface area contributed by atoms with E-state index in [0.717, 1.165) is 36.6 Å². The number of aliphatic hydroxyl groups is 1. The Kier molecular flexibility index (Phi) is 6.07. The predicted molar refractivity (Wildman–Crippen MR) is 108 cm³/mol. The standard InChI is InChI=1S/C20H26N4O3S/c25-19(14-27-18-6-5-17(21-22-18)23-9-1-2-10-23)24-11-7-15(8-12-24)20(26)16-4-3-13-28-16/h3-6,13,15,20,26H,1-2,7-12,14H2. The number of piperidine rings is 1. The SMILES string of the molecule is O=C(COc1ccc(N2CCCC2)nn1)N1CCC(C(O)c2cccs2)CC1. The number of thiophene rings is 1. The summed E-state index contributed by atoms with van der Waals surface area (Å²) in [6.07, 6.45) is 3.55. The first-order valence-corrected chi connectivity index (χ1v) is 10.8. The van der Waals surface area contributed by atoms with E-state index in [1.807, 2.05) is 28.5 Å². The Hall–Kier alpha value is -2.19. The van der Waals surface area contributed by atoms with Crippen LogP contribution in [-0.4, -0.2) is 58.9 Å². The summed E-state index contributed by atoms with van der Waals surface area (Å²) in [7, 11) is 0. The number of carbonyl (C=O) groups is 1. The lowest BCUT2D eigenvalue weighted by Gasteiger charge is -2.33. The van der Waals surface area contributed by atoms with Gasteiger partial charge in [0.2, 0.25) is 5.88 Å². The summed E-state index contributed by atoms with van der Waals surface area (Å²) < 4.78 is 5.54. The van der Waals surface area contributed by atoms with Gasteiger partial charge in [0.15, 0.2) is 12.4 Å². The minimum absolute atomic E-state index is 0.0319. The zero-order chi connectivity index (χ0) is 19.3. The molecule has 0 saturated carbocycles. The highest BCUT2D eigenvalue weighted by Gasteiger charge is 2.28. The largest absolute Gasteiger partial charge is 0.466 e. The van der Waals surface area contributed by atoms with Gasteiger partial charge >= 0.3 is 0 Å². The molecule has 2 fully saturated rings. The third-order valence-corrected chi connectivity index (χ3v) is 6.52. The topological polar surface area (TPSA) is 78.8 Å². The summed E-state index contributed by atoms with van der Waals surface area (Å²) in [5.41, 5.74) is 0. The molecule has 4 rings (SSSR count). The summed E-state index contributed by atoms with van der Waals surface area (Å²) in [4.78, 5) is 17.5. The van der Waals surface area contributed by atoms with E-state index in [9.17, 15) is 9.90 Å². The van der Waals surface area contributed by atoms with E-state index in [-0.39, 0.29) is 18.4 Å². The fraction of sp³-hybridized carbons (Fsp3) is 0.550. The van der Waals surface area contributed by atoms with Crippen molar-refractivity contribution in [3.05, 3.63) is 34.5 Å². The van der Waals surface area contributed by atoms with Gasteiger partial charge < -0.3 is 19.6 Å². The molecule has 4 heterocycles. The van der Waals surface area contributed by atoms with Gasteiger partial charge in [0.25, 0.3) is 5.91 Å². The first kappa shape index (κ1) is 19.1. The van der Waals surface area contributed by atoms with Gasteiger partial charge in [-0.3, -0.25) is 4.79 Å². The van der Waals surface area contributed by atoms with Gasteiger partial charge in [0.05, 0.1) is 6.10 Å². The van der Waals surface area contributed by atoms with Gasteiger partial charge in [-0.25, -0.2) is 0 Å². The van der Waals surface area contributed by atoms with Crippen LogP contribution in [0.15, 0.2) is 29.6 Å². The quantitative estimate of drug-likeness (QED) is 0.800. The number of carbonyl (C=O) groups excluding carboxylic acids is 1. The summed E-state index contributed by atoms with van der Waals surface area (Å²) in [5, 5.41) is 20.7. The highest BCUT2D eigenvalue weighted by atomic mass is 32.1. The first-order chi connectivity index (χ1) is 13.7. The van der Waals surface area contributed by atoms with E-state index in [2.05, 4.69) is 15.1 Å². The van der Waals surface area contributed by atoms with Crippen LogP contribution in [0.3, 0.4) is 0 Å². The van der Waals surface area contributed by atoms with Crippen LogP contribution in [0.5, 0.6) is 5.88 Å². The second-order valence-corrected chi connectivity index (χ2v) is 8.37. The Balaban J connectivity index is 1.22. The van der Waals surface area contributed by atoms with Crippen molar-refractivity contribution in [2.24, 2.45) is 5.92 Å². The van der Waals surface area contributed by atoms with Crippen LogP contribution in [-0.2, 0) is 4.79 Å². The number of anilines is 1. The molecule has 2 aliphatic heterocycles. The molecule has 0 spiro atoms. The van der Waals surface area contributed by atoms with E-state index < -0.39 is 6.10 Å². The number of nitrogens with zero attached hydrogens (tertiary/aromatic N) is 4. The molecule has 0 aromatic carbocycles. The second kappa shape index (κ2) is 8.87. The summed E-state index contributed by atoms with van der Waals surface area (Å²) >= 11 is 1.58. The molecular weight excluding hydrogens is 376 g/mol. The molecule has 150 valence electrons. The number of rotatable bonds is 6. The van der Waals surface area contributed by atoms with Crippen LogP contribution < -0.4 is 9.64 Å². The molecule has 0 radical (unpaired) electrons. The molecule has 0 bridgehead atoms. The van der Waals surface area contributed by atoms with Crippen molar-refractivity contribution >= 4 is 23.1 Å². The Morgan fingerprint density at radius 3 is 2.61 bits per heavy atom. The summed E-state index contributed by atoms with van der Waals surface area (Å²) in [6, 6.07) is 7.60. The average molecular weight is 403 g/mol. The van der Waals surface area contributed by atoms with Crippen LogP contribution in [0.25, 0.3) is 0 Å². The first-order valence-electron chi connectivity index (χ1n) is 9.91. The molecule has 1 atom stereocenters. The van der Waals surface area contributed by atoms with Crippen molar-refractivity contribution < 1.29 is 14.6 Å². The maximum Gasteiger partial charge on any atom is 0.260 e. The minimum atomic E-state index is -0.433. The molecule has 1 unspecified atom stereocenters. The van der Waals surface area contributed by atoms with Crippen molar-refractivity contribution in [3.8, 4) is 5.88 Å². The number of aliphatic hydroxyl groups excluding tert-OH is 1. The monoisotopic (exact) mass is 402 g/mol. The smallest absolute Gasteiger partial charge is 0.260 e. The van der Waals surface area contributed by atoms with Crippen molar-refractivity contribution in [2.75, 3.05) is 37.7 Å². The van der Waals surface area contributed by atoms with Gasteiger partial charge in [-0.05, 0) is 49.1 Å². The van der Waals surface area contributed by atoms with E-state index >= 15 is 0 Å². The maximum absolute atomic E-state index is 12.4. The molecule has 0 aliphatic carbocycles. The van der Waals surface area contributed by atoms with Crippen molar-refractivity contribution in [1.82, 2.24) is 15.1 Å². The number of aromatic nitrogens is 2. The second-order valence-electron chi connectivity index (χ2n) is 7.39. The molecule has 8 heteroatoms. The Labute approximate surface area is 168 Å². The lowest BCUT2D eigenvalue weighted by molar-refractivity contribution is -0.135. The zero-order valence-corrected chi connectivity index (χ0v) is 16.7. The van der Waals surface area contributed by atoms with E-state index in [0.29, 0.717) is 19.0 Å². The predicted octanol–water partition coefficient (Wildman–Crippen LogP) is 2.49. The molecular formula is C20H26N4O3S. The van der Waals surface area contributed by atoms with Crippen LogP contribution in [0, 0.1) is 5.92 Å². The number of ether oxygens (including phenoxy) is 1. The average Bonchev–Trinajstić information content (AvgIpc) is 3.46. The van der Waals surface area contributed by atoms with Crippen LogP contribution >= 0.6 is 11.3 Å². The Bertz CT molecular complexity index is 754. The lowest BCUT2D eigenvalue weighted by atomic mass is 9.90. The molecule has 2 aliphatic rings. The summed E-state index contributed by atoms with van der Waals surface area (Å²) in [5.74, 6) is 1.39. The number of amides is 1. The molecule has 7 nitrogen and oxygen atoms in total. The minimum Gasteiger partial charge on any atom is -0.466 e. The van der Waals surface area contributed by atoms with Gasteiger partial charge in [-0.1, -0.05) is 6.07 Å². The molecule has 28 heavy (non-hydrogen) atoms. The van der Waals surface area contributed by atoms with Gasteiger partial charge in [0.1, 0.15) is 0 Å². The molecule has 2 aromatic rings. The van der Waals surface area contributed by atoms with Crippen molar-refractivity contribution in [3.63, 3.8) is 0 Å². The highest BCUT2D eigenvalue weighted by molar-refractivity contribution is 7.10. The van der Waals surface area contributed by atoms with Gasteiger partial charge in [-0.2, -0.15) is 0 Å². The van der Waals surface area contributed by atoms with Gasteiger partial charge in [-0.15, -0.1) is 21.5 Å². The van der Waals surface area contributed by atoms with Crippen LogP contribution in [0.1, 0.15) is 36.7 Å². The molecule has 1 N–H and O–H groups in total. The fourth-order valence-electron chi connectivity index (χ4n) is 3.89. The number of likely N-dealkylation sites (tertiary alicyclic amines) is 1. The normalized spacial score (nSPS) is 19.0. The highest BCUT2D eigenvalue weighted by Crippen LogP contribution is 2.32. The van der Waals surface area contributed by atoms with E-state index in [4.69, 9.17) is 4.74 Å². The Morgan fingerprint density at radius 2 is 1.96 bits per heavy atom. The Morgan fingerprint density at radius 1 is 1.18 bits per heavy atom. The van der Waals surface area contributed by atoms with Crippen LogP contribution in [0.4, 0.5) is 5.82 Å². The van der Waals surface area contributed by atoms with Crippen LogP contribution in [0.2, 0.25) is 0 Å². The van der Waals surface area contributed by atoms with E-state index in [1.165, 1.54) is 12.8 Å². The molecule has 2 aromatic heterocycles. The van der Waals surface area contributed by atoms with Crippen molar-refractivity contribution in [1.29, 1.82) is 0 Å². The lowest BCUT2D eigenvalue weighted by Crippen LogP contribution is -2.42. The molecule has 2 saturated heterocycles. The maximum atomic E-state index is 12.4. The van der Waals surface area contributed by atoms with Gasteiger partial charge in [0, 0.05) is 37.1 Å². The third-order valence-electron chi connectivity index (χ3n) is 5.57. The number of hydrogen-bond acceptors (Lipinski definition) is 7. The molecule has 1 amide bonds. The zero-order valence-electron chi connectivity index (χ0n) is 15.9. The number of hydrogen-bond donors (Lipinski definition) is 1. The fourth-order valence-corrected chi connectivity index (χ4v) is 4.69.